The number of benzene rings is 6. The summed E-state index contributed by atoms with van der Waals surface area (Å²) in [4.78, 5) is 0. The summed E-state index contributed by atoms with van der Waals surface area (Å²) >= 11 is 0. The van der Waals surface area contributed by atoms with Gasteiger partial charge in [0.25, 0.3) is 0 Å². The fraction of sp³-hybridized carbons (Fsp3) is 0.0500. The third-order valence-corrected chi connectivity index (χ3v) is 18.7. The second kappa shape index (κ2) is 15.9. The molecule has 24 heteroatoms. The molecule has 0 fully saturated rings. The number of hydrogen-bond acceptors (Lipinski definition) is 11. The lowest BCUT2D eigenvalue weighted by Gasteiger charge is -2.38. The summed E-state index contributed by atoms with van der Waals surface area (Å²) in [7, 11) is -11.7. The molecule has 0 saturated heterocycles. The number of para-hydroxylation sites is 4. The summed E-state index contributed by atoms with van der Waals surface area (Å²) in [5.41, 5.74) is -1.11. The molecule has 0 amide bonds. The Balaban J connectivity index is 1.38. The number of nitrogens with zero attached hydrogens (tertiary/aromatic N) is 7. The number of fused-ring (bicyclic) bond motifs is 6. The van der Waals surface area contributed by atoms with Crippen molar-refractivity contribution >= 4 is 35.3 Å². The molecular weight excluding hydrogens is 925 g/mol. The normalized spacial score (nSPS) is 16.0. The highest BCUT2D eigenvalue weighted by Gasteiger charge is 2.51. The number of rotatable bonds is 6. The maximum Gasteiger partial charge on any atom is 0.458 e. The van der Waals surface area contributed by atoms with Gasteiger partial charge in [-0.25, -0.2) is 53.5 Å². The minimum Gasteiger partial charge on any atom is -0.413 e. The first-order valence-electron chi connectivity index (χ1n) is 18.2. The minimum absolute atomic E-state index is 0.127. The van der Waals surface area contributed by atoms with E-state index in [1.165, 1.54) is 0 Å². The molecule has 2 spiro atoms. The van der Waals surface area contributed by atoms with Gasteiger partial charge in [0.2, 0.25) is 11.6 Å². The third-order valence-electron chi connectivity index (χ3n) is 9.66. The molecule has 9 rings (SSSR count). The Labute approximate surface area is 355 Å². The van der Waals surface area contributed by atoms with E-state index in [-0.39, 0.29) is 35.4 Å². The topological polar surface area (TPSA) is 105 Å². The smallest absolute Gasteiger partial charge is 0.413 e. The highest BCUT2D eigenvalue weighted by Crippen LogP contribution is 2.81. The van der Waals surface area contributed by atoms with E-state index in [0.29, 0.717) is 22.3 Å². The van der Waals surface area contributed by atoms with Crippen molar-refractivity contribution < 1.29 is 62.0 Å². The highest BCUT2D eigenvalue weighted by molar-refractivity contribution is 7.80. The molecule has 0 saturated carbocycles. The summed E-state index contributed by atoms with van der Waals surface area (Å²) in [5, 5.41) is 8.06. The Hall–Kier alpha value is -6.55. The molecule has 11 nitrogen and oxygen atoms in total. The van der Waals surface area contributed by atoms with Crippen LogP contribution in [0.25, 0.3) is 22.3 Å². The van der Waals surface area contributed by atoms with E-state index in [4.69, 9.17) is 31.6 Å². The van der Waals surface area contributed by atoms with Gasteiger partial charge in [-0.15, -0.1) is 9.03 Å². The van der Waals surface area contributed by atoms with Crippen molar-refractivity contribution in [3.63, 3.8) is 0 Å². The van der Waals surface area contributed by atoms with Crippen LogP contribution in [0.5, 0.6) is 23.0 Å². The molecule has 64 heavy (non-hydrogen) atoms. The lowest BCUT2D eigenvalue weighted by molar-refractivity contribution is 0.377. The fourth-order valence-corrected chi connectivity index (χ4v) is 17.1. The van der Waals surface area contributed by atoms with Crippen LogP contribution in [0.15, 0.2) is 121 Å². The molecule has 3 aliphatic rings. The lowest BCUT2D eigenvalue weighted by atomic mass is 10.0. The Bertz CT molecular complexity index is 2860. The molecule has 3 aliphatic heterocycles. The first-order valence-corrected chi connectivity index (χ1v) is 22.9. The average molecular weight is 950 g/mol. The van der Waals surface area contributed by atoms with Crippen molar-refractivity contribution in [3.8, 4) is 45.3 Å². The molecule has 0 radical (unpaired) electrons. The van der Waals surface area contributed by atoms with Gasteiger partial charge in [-0.05, 0) is 24.3 Å². The Morgan fingerprint density at radius 3 is 0.969 bits per heavy atom. The molecule has 3 heterocycles. The van der Waals surface area contributed by atoms with Crippen LogP contribution in [0.1, 0.15) is 11.1 Å². The minimum atomic E-state index is -4.71. The summed E-state index contributed by atoms with van der Waals surface area (Å²) in [6.45, 7) is 0. The Kier molecular flexibility index (Phi) is 10.6. The summed E-state index contributed by atoms with van der Waals surface area (Å²) in [5.74, 6) is -22.7. The lowest BCUT2D eigenvalue weighted by Crippen LogP contribution is -2.22. The molecule has 0 atom stereocenters. The zero-order chi connectivity index (χ0) is 45.3. The van der Waals surface area contributed by atoms with E-state index in [2.05, 4.69) is 10.2 Å². The number of hydrogen-bond donors (Lipinski definition) is 0. The molecule has 0 bridgehead atoms. The Morgan fingerprint density at radius 2 is 0.656 bits per heavy atom. The molecule has 328 valence electrons. The molecule has 0 unspecified atom stereocenters. The van der Waals surface area contributed by atoms with E-state index >= 15 is 17.6 Å². The largest absolute Gasteiger partial charge is 0.458 e. The van der Waals surface area contributed by atoms with Crippen molar-refractivity contribution in [2.45, 2.75) is 0 Å². The van der Waals surface area contributed by atoms with E-state index in [1.807, 2.05) is 0 Å². The summed E-state index contributed by atoms with van der Waals surface area (Å²) in [6.07, 6.45) is 0.511. The molecule has 6 aromatic carbocycles. The average Bonchev–Trinajstić information content (AvgIpc) is 3.51. The first-order chi connectivity index (χ1) is 30.6. The van der Waals surface area contributed by atoms with Gasteiger partial charge in [0, 0.05) is 36.3 Å². The second-order valence-corrected chi connectivity index (χ2v) is 20.6. The maximum absolute atomic E-state index is 15.1. The van der Waals surface area contributed by atoms with Gasteiger partial charge in [0.1, 0.15) is 23.0 Å². The maximum atomic E-state index is 15.1. The molecule has 0 N–H and O–H groups in total. The van der Waals surface area contributed by atoms with E-state index in [1.54, 1.807) is 97.1 Å². The molecule has 0 aromatic heterocycles. The molecular formula is C40H24F10N7O4P3. The SMILES string of the molecule is CN(/N=C\c1c(F)c(F)c(F)c(F)c1F)P1(N(C)/N=C\c2c(F)c(F)c(F)c(F)c2F)=NP2(=NP3(=N1)Oc1ccccc1-c1ccccc1O3)Oc1ccccc1-c1ccccc1O2. The van der Waals surface area contributed by atoms with Crippen molar-refractivity contribution in [1.29, 1.82) is 0 Å². The Morgan fingerprint density at radius 1 is 0.391 bits per heavy atom. The second-order valence-electron chi connectivity index (χ2n) is 13.6. The monoisotopic (exact) mass is 949 g/mol. The van der Waals surface area contributed by atoms with E-state index in [9.17, 15) is 26.3 Å². The fourth-order valence-electron chi connectivity index (χ4n) is 6.58. The molecule has 0 aliphatic carbocycles. The van der Waals surface area contributed by atoms with Crippen molar-refractivity contribution in [2.24, 2.45) is 23.7 Å². The van der Waals surface area contributed by atoms with Crippen LogP contribution < -0.4 is 18.1 Å². The van der Waals surface area contributed by atoms with Crippen LogP contribution in [-0.4, -0.2) is 36.1 Å². The van der Waals surface area contributed by atoms with Gasteiger partial charge in [0.15, 0.2) is 46.5 Å². The first kappa shape index (κ1) is 42.7. The van der Waals surface area contributed by atoms with Crippen molar-refractivity contribution in [2.75, 3.05) is 14.1 Å². The quantitative estimate of drug-likeness (QED) is 0.0411. The van der Waals surface area contributed by atoms with Crippen LogP contribution in [0, 0.1) is 58.2 Å². The highest BCUT2D eigenvalue weighted by atomic mass is 31.3. The third kappa shape index (κ3) is 6.98. The van der Waals surface area contributed by atoms with Crippen molar-refractivity contribution in [3.05, 3.63) is 166 Å². The summed E-state index contributed by atoms with van der Waals surface area (Å²) in [6, 6.07) is 26.4. The number of halogens is 10. The van der Waals surface area contributed by atoms with Gasteiger partial charge >= 0.3 is 22.8 Å². The predicted molar refractivity (Wildman–Crippen MR) is 217 cm³/mol. The van der Waals surface area contributed by atoms with E-state index < -0.39 is 92.1 Å². The van der Waals surface area contributed by atoms with Crippen molar-refractivity contribution in [1.82, 2.24) is 9.56 Å². The van der Waals surface area contributed by atoms with Gasteiger partial charge in [0.05, 0.1) is 23.6 Å². The van der Waals surface area contributed by atoms with Gasteiger partial charge < -0.3 is 18.1 Å². The predicted octanol–water partition coefficient (Wildman–Crippen LogP) is 13.4. The molecule has 6 aromatic rings. The van der Waals surface area contributed by atoms with Crippen LogP contribution in [0.2, 0.25) is 0 Å². The standard InChI is InChI=1S/C40H24F10N7O4P3/c1-56(51-19-25-31(41)35(45)39(49)36(46)32(25)42)62(57(2)52-20-26-33(43)37(47)40(50)38(48)34(26)44)53-63(58-27-15-7-3-11-21(27)22-12-4-8-16-28(22)59-63)55-64(54-62)60-29-17-9-5-13-23(29)24-14-6-10-18-30(24)61-64/h3-20H,1-2H3/b51-19-,52-20-. The number of hydrazone groups is 2. The van der Waals surface area contributed by atoms with Gasteiger partial charge in [-0.3, -0.25) is 0 Å². The van der Waals surface area contributed by atoms with Gasteiger partial charge in [-0.1, -0.05) is 77.3 Å². The zero-order valence-corrected chi connectivity index (χ0v) is 35.0. The zero-order valence-electron chi connectivity index (χ0n) is 32.3. The van der Waals surface area contributed by atoms with Gasteiger partial charge in [-0.2, -0.15) is 10.2 Å². The van der Waals surface area contributed by atoms with Crippen LogP contribution in [0.4, 0.5) is 43.9 Å². The summed E-state index contributed by atoms with van der Waals surface area (Å²) < 4.78 is 189. The van der Waals surface area contributed by atoms with Crippen LogP contribution in [0.3, 0.4) is 0 Å². The van der Waals surface area contributed by atoms with Crippen LogP contribution in [-0.2, 0) is 0 Å². The van der Waals surface area contributed by atoms with E-state index in [0.717, 1.165) is 23.7 Å². The van der Waals surface area contributed by atoms with Crippen LogP contribution >= 0.6 is 22.8 Å².